The zero-order valence-electron chi connectivity index (χ0n) is 53.0. The van der Waals surface area contributed by atoms with E-state index in [1.165, 1.54) is 154 Å². The molecular weight excluding hydrogens is 1050 g/mol. The van der Waals surface area contributed by atoms with Crippen LogP contribution in [0.15, 0.2) is 72.9 Å². The first-order valence-electron chi connectivity index (χ1n) is 33.8. The summed E-state index contributed by atoms with van der Waals surface area (Å²) in [5, 5.41) is 9.86. The molecule has 11 nitrogen and oxygen atoms in total. The summed E-state index contributed by atoms with van der Waals surface area (Å²) in [6, 6.07) is 0. The van der Waals surface area contributed by atoms with Gasteiger partial charge in [0.1, 0.15) is 12.7 Å². The van der Waals surface area contributed by atoms with Gasteiger partial charge in [0, 0.05) is 19.3 Å². The van der Waals surface area contributed by atoms with Gasteiger partial charge >= 0.3 is 25.7 Å². The van der Waals surface area contributed by atoms with Crippen molar-refractivity contribution in [2.24, 2.45) is 0 Å². The van der Waals surface area contributed by atoms with E-state index in [1.54, 1.807) is 0 Å². The van der Waals surface area contributed by atoms with Crippen molar-refractivity contribution in [1.82, 2.24) is 0 Å². The van der Waals surface area contributed by atoms with Gasteiger partial charge in [-0.1, -0.05) is 280 Å². The highest BCUT2D eigenvalue weighted by molar-refractivity contribution is 7.47. The number of carbonyl (C=O) groups excluding carboxylic acids is 3. The summed E-state index contributed by atoms with van der Waals surface area (Å²) in [5.74, 6) is -1.47. The predicted molar refractivity (Wildman–Crippen MR) is 344 cm³/mol. The van der Waals surface area contributed by atoms with Gasteiger partial charge in [-0.3, -0.25) is 23.4 Å². The summed E-state index contributed by atoms with van der Waals surface area (Å²) in [5.41, 5.74) is 0. The van der Waals surface area contributed by atoms with Crippen molar-refractivity contribution in [3.8, 4) is 0 Å². The van der Waals surface area contributed by atoms with Gasteiger partial charge in [-0.15, -0.1) is 0 Å². The first kappa shape index (κ1) is 78.9. The minimum atomic E-state index is -4.76. The second-order valence-corrected chi connectivity index (χ2v) is 24.1. The second-order valence-electron chi connectivity index (χ2n) is 22.6. The van der Waals surface area contributed by atoms with Gasteiger partial charge in [0.25, 0.3) is 0 Å². The molecule has 82 heavy (non-hydrogen) atoms. The lowest BCUT2D eigenvalue weighted by Crippen LogP contribution is -2.30. The highest BCUT2D eigenvalue weighted by Crippen LogP contribution is 2.43. The number of phosphoric acid groups is 1. The number of unbranched alkanes of at least 4 members (excludes halogenated alkanes) is 34. The van der Waals surface area contributed by atoms with Gasteiger partial charge < -0.3 is 24.2 Å². The molecule has 0 radical (unpaired) electrons. The molecule has 0 bridgehead atoms. The molecule has 0 amide bonds. The van der Waals surface area contributed by atoms with Gasteiger partial charge in [0.2, 0.25) is 0 Å². The second kappa shape index (κ2) is 63.9. The Bertz CT molecular complexity index is 1650. The molecule has 0 aliphatic carbocycles. The third kappa shape index (κ3) is 61.5. The zero-order chi connectivity index (χ0) is 59.8. The first-order chi connectivity index (χ1) is 40.2. The van der Waals surface area contributed by atoms with E-state index >= 15 is 0 Å². The van der Waals surface area contributed by atoms with Crippen LogP contribution < -0.4 is 0 Å². The summed E-state index contributed by atoms with van der Waals surface area (Å²) < 4.78 is 39.8. The Morgan fingerprint density at radius 1 is 0.354 bits per heavy atom. The summed E-state index contributed by atoms with van der Waals surface area (Å²) in [6.07, 6.45) is 74.2. The van der Waals surface area contributed by atoms with Crippen molar-refractivity contribution in [2.75, 3.05) is 26.4 Å². The standard InChI is InChI=1S/C70H125O11P/c1-4-7-10-13-16-19-22-25-28-31-33-36-38-41-44-47-50-53-56-59-68(72)77-63-67(81-70(74)61-58-55-52-49-46-43-40-37-34-32-29-26-23-20-17-14-11-8-5-2)65-79-82(75,76)78-64-66(62-71)80-69(73)60-57-54-51-48-45-42-39-35-30-27-24-21-18-15-12-9-6-3/h9,12,17-18,20-21,26-27,29-30,39,42,66-67,71H,4-8,10-11,13-16,19,22-25,28,31-38,40-41,43-65H2,1-3H3,(H,75,76)/b12-9-,20-17-,21-18-,29-26-,30-27-,42-39-. The van der Waals surface area contributed by atoms with Crippen LogP contribution >= 0.6 is 7.82 Å². The SMILES string of the molecule is CC/C=C\C/C=C\C/C=C\C/C=C\CCCCCCC(=O)OC(CO)COP(=O)(O)OCC(COC(=O)CCCCCCCCCCCCCCCCCCCCC)OC(=O)CCCCCCCCCCC/C=C\C/C=C\CCCCC. The first-order valence-corrected chi connectivity index (χ1v) is 35.3. The van der Waals surface area contributed by atoms with Gasteiger partial charge in [-0.05, 0) is 89.9 Å². The monoisotopic (exact) mass is 1170 g/mol. The smallest absolute Gasteiger partial charge is 0.462 e. The third-order valence-electron chi connectivity index (χ3n) is 14.6. The molecule has 0 spiro atoms. The number of ether oxygens (including phenoxy) is 3. The summed E-state index contributed by atoms with van der Waals surface area (Å²) in [6.45, 7) is 4.54. The van der Waals surface area contributed by atoms with Crippen molar-refractivity contribution in [2.45, 2.75) is 328 Å². The molecule has 0 aliphatic rings. The molecule has 0 saturated carbocycles. The van der Waals surface area contributed by atoms with Crippen LogP contribution in [0.3, 0.4) is 0 Å². The van der Waals surface area contributed by atoms with Crippen LogP contribution in [-0.2, 0) is 42.2 Å². The molecule has 3 unspecified atom stereocenters. The van der Waals surface area contributed by atoms with E-state index in [2.05, 4.69) is 93.7 Å². The zero-order valence-corrected chi connectivity index (χ0v) is 53.8. The Kier molecular flexibility index (Phi) is 61.5. The highest BCUT2D eigenvalue weighted by Gasteiger charge is 2.28. The summed E-state index contributed by atoms with van der Waals surface area (Å²) in [4.78, 5) is 48.9. The van der Waals surface area contributed by atoms with E-state index in [-0.39, 0.29) is 25.9 Å². The minimum absolute atomic E-state index is 0.148. The molecular formula is C70H125O11P. The predicted octanol–water partition coefficient (Wildman–Crippen LogP) is 20.8. The van der Waals surface area contributed by atoms with E-state index in [0.717, 1.165) is 103 Å². The molecule has 0 aromatic rings. The molecule has 0 saturated heterocycles. The Morgan fingerprint density at radius 3 is 1.00 bits per heavy atom. The number of allylic oxidation sites excluding steroid dienone is 12. The molecule has 0 aliphatic heterocycles. The average molecular weight is 1170 g/mol. The van der Waals surface area contributed by atoms with Crippen LogP contribution in [0.2, 0.25) is 0 Å². The fourth-order valence-electron chi connectivity index (χ4n) is 9.50. The van der Waals surface area contributed by atoms with Crippen LogP contribution in [0.1, 0.15) is 316 Å². The van der Waals surface area contributed by atoms with Crippen molar-refractivity contribution < 1.29 is 52.2 Å². The van der Waals surface area contributed by atoms with Gasteiger partial charge in [-0.2, -0.15) is 0 Å². The molecule has 0 aromatic heterocycles. The Labute approximate surface area is 503 Å². The number of aliphatic hydroxyl groups is 1. The van der Waals surface area contributed by atoms with E-state index < -0.39 is 57.8 Å². The number of aliphatic hydroxyl groups excluding tert-OH is 1. The van der Waals surface area contributed by atoms with Crippen LogP contribution in [0, 0.1) is 0 Å². The van der Waals surface area contributed by atoms with E-state index in [9.17, 15) is 28.9 Å². The fourth-order valence-corrected chi connectivity index (χ4v) is 10.3. The van der Waals surface area contributed by atoms with E-state index in [1.807, 2.05) is 0 Å². The lowest BCUT2D eigenvalue weighted by molar-refractivity contribution is -0.161. The molecule has 0 rings (SSSR count). The minimum Gasteiger partial charge on any atom is -0.462 e. The number of esters is 3. The van der Waals surface area contributed by atoms with Crippen LogP contribution in [0.5, 0.6) is 0 Å². The largest absolute Gasteiger partial charge is 0.472 e. The van der Waals surface area contributed by atoms with E-state index in [0.29, 0.717) is 19.3 Å². The van der Waals surface area contributed by atoms with Crippen molar-refractivity contribution in [3.05, 3.63) is 72.9 Å². The fraction of sp³-hybridized carbons (Fsp3) is 0.786. The Morgan fingerprint density at radius 2 is 0.634 bits per heavy atom. The van der Waals surface area contributed by atoms with Crippen molar-refractivity contribution in [1.29, 1.82) is 0 Å². The number of hydrogen-bond acceptors (Lipinski definition) is 10. The maximum Gasteiger partial charge on any atom is 0.472 e. The van der Waals surface area contributed by atoms with Crippen LogP contribution in [0.4, 0.5) is 0 Å². The van der Waals surface area contributed by atoms with Crippen LogP contribution in [-0.4, -0.2) is 66.5 Å². The maximum atomic E-state index is 13.0. The molecule has 0 aromatic carbocycles. The number of hydrogen-bond donors (Lipinski definition) is 2. The Balaban J connectivity index is 4.70. The van der Waals surface area contributed by atoms with Gasteiger partial charge in [0.15, 0.2) is 6.10 Å². The van der Waals surface area contributed by atoms with Crippen molar-refractivity contribution >= 4 is 25.7 Å². The molecule has 0 fully saturated rings. The van der Waals surface area contributed by atoms with Crippen molar-refractivity contribution in [3.63, 3.8) is 0 Å². The Hall–Kier alpha value is -3.08. The molecule has 476 valence electrons. The quantitative estimate of drug-likeness (QED) is 0.0197. The van der Waals surface area contributed by atoms with Gasteiger partial charge in [-0.25, -0.2) is 4.57 Å². The molecule has 3 atom stereocenters. The normalized spacial score (nSPS) is 13.7. The molecule has 2 N–H and O–H groups in total. The maximum absolute atomic E-state index is 13.0. The van der Waals surface area contributed by atoms with E-state index in [4.69, 9.17) is 23.3 Å². The lowest BCUT2D eigenvalue weighted by Gasteiger charge is -2.21. The third-order valence-corrected chi connectivity index (χ3v) is 15.6. The summed E-state index contributed by atoms with van der Waals surface area (Å²) >= 11 is 0. The lowest BCUT2D eigenvalue weighted by atomic mass is 10.0. The molecule has 0 heterocycles. The highest BCUT2D eigenvalue weighted by atomic mass is 31.2. The average Bonchev–Trinajstić information content (AvgIpc) is 3.49. The number of rotatable bonds is 63. The van der Waals surface area contributed by atoms with Crippen LogP contribution in [0.25, 0.3) is 0 Å². The molecule has 12 heteroatoms. The van der Waals surface area contributed by atoms with Gasteiger partial charge in [0.05, 0.1) is 19.8 Å². The number of carbonyl (C=O) groups is 3. The number of phosphoric ester groups is 1. The topological polar surface area (TPSA) is 155 Å². The summed E-state index contributed by atoms with van der Waals surface area (Å²) in [7, 11) is -4.76.